The Morgan fingerprint density at radius 1 is 1.47 bits per heavy atom. The molecule has 1 saturated carbocycles. The Hall–Kier alpha value is -1.29. The van der Waals surface area contributed by atoms with E-state index in [-0.39, 0.29) is 11.9 Å². The molecule has 0 bridgehead atoms. The van der Waals surface area contributed by atoms with Crippen LogP contribution in [0.1, 0.15) is 37.7 Å². The van der Waals surface area contributed by atoms with E-state index in [1.807, 2.05) is 13.0 Å². The first-order chi connectivity index (χ1) is 9.11. The van der Waals surface area contributed by atoms with Crippen molar-refractivity contribution < 1.29 is 9.13 Å². The minimum atomic E-state index is -0.255. The first-order valence-electron chi connectivity index (χ1n) is 7.01. The number of nitrogens with zero attached hydrogens (tertiary/aromatic N) is 1. The third-order valence-electron chi connectivity index (χ3n) is 4.37. The maximum Gasteiger partial charge on any atom is 0.165 e. The molecule has 104 valence electrons. The lowest BCUT2D eigenvalue weighted by atomic mass is 9.97. The summed E-state index contributed by atoms with van der Waals surface area (Å²) in [6.07, 6.45) is 3.55. The minimum Gasteiger partial charge on any atom is -0.494 e. The molecule has 1 aromatic carbocycles. The van der Waals surface area contributed by atoms with E-state index in [9.17, 15) is 4.39 Å². The standard InChI is InChI=1S/C15H21FN2O/c1-9(17)8-18-13-5-3-4-10(13)11-6-12(16)15(19-2)7-14(11)18/h6-7,9-10,13H,3-5,8,17H2,1-2H3/t9-,10+,13?/m0/s1. The number of ether oxygens (including phenoxy) is 1. The smallest absolute Gasteiger partial charge is 0.165 e. The second-order valence-electron chi connectivity index (χ2n) is 5.78. The Morgan fingerprint density at radius 2 is 2.26 bits per heavy atom. The molecule has 1 aliphatic heterocycles. The van der Waals surface area contributed by atoms with E-state index in [2.05, 4.69) is 4.90 Å². The van der Waals surface area contributed by atoms with Crippen LogP contribution in [0.2, 0.25) is 0 Å². The van der Waals surface area contributed by atoms with Crippen LogP contribution in [0.4, 0.5) is 10.1 Å². The number of halogens is 1. The highest BCUT2D eigenvalue weighted by atomic mass is 19.1. The van der Waals surface area contributed by atoms with E-state index >= 15 is 0 Å². The predicted octanol–water partition coefficient (Wildman–Crippen LogP) is 2.64. The second kappa shape index (κ2) is 4.67. The number of hydrogen-bond acceptors (Lipinski definition) is 3. The molecule has 3 rings (SSSR count). The molecule has 0 radical (unpaired) electrons. The molecule has 1 fully saturated rings. The van der Waals surface area contributed by atoms with Gasteiger partial charge in [-0.2, -0.15) is 0 Å². The van der Waals surface area contributed by atoms with Crippen LogP contribution in [0.25, 0.3) is 0 Å². The van der Waals surface area contributed by atoms with Crippen molar-refractivity contribution in [3.8, 4) is 5.75 Å². The monoisotopic (exact) mass is 264 g/mol. The van der Waals surface area contributed by atoms with Gasteiger partial charge < -0.3 is 15.4 Å². The van der Waals surface area contributed by atoms with Gasteiger partial charge in [0.25, 0.3) is 0 Å². The van der Waals surface area contributed by atoms with Gasteiger partial charge in [-0.05, 0) is 31.4 Å². The van der Waals surface area contributed by atoms with Crippen molar-refractivity contribution in [3.63, 3.8) is 0 Å². The zero-order valence-corrected chi connectivity index (χ0v) is 11.5. The molecule has 4 heteroatoms. The zero-order valence-electron chi connectivity index (χ0n) is 11.5. The van der Waals surface area contributed by atoms with Crippen LogP contribution in [-0.2, 0) is 0 Å². The average Bonchev–Trinajstić information content (AvgIpc) is 2.92. The van der Waals surface area contributed by atoms with E-state index < -0.39 is 0 Å². The molecule has 0 spiro atoms. The lowest BCUT2D eigenvalue weighted by molar-refractivity contribution is 0.386. The van der Waals surface area contributed by atoms with Crippen LogP contribution >= 0.6 is 0 Å². The molecule has 1 aliphatic carbocycles. The van der Waals surface area contributed by atoms with Gasteiger partial charge in [0, 0.05) is 36.3 Å². The van der Waals surface area contributed by atoms with Crippen molar-refractivity contribution in [2.75, 3.05) is 18.6 Å². The quantitative estimate of drug-likeness (QED) is 0.912. The number of rotatable bonds is 3. The summed E-state index contributed by atoms with van der Waals surface area (Å²) < 4.78 is 19.0. The SMILES string of the molecule is COc1cc2c(cc1F)[C@H]1CCCC1N2C[C@H](C)N. The Labute approximate surface area is 113 Å². The van der Waals surface area contributed by atoms with Gasteiger partial charge in [0.1, 0.15) is 0 Å². The van der Waals surface area contributed by atoms with Gasteiger partial charge in [-0.3, -0.25) is 0 Å². The number of methoxy groups -OCH3 is 1. The van der Waals surface area contributed by atoms with E-state index in [1.165, 1.54) is 20.0 Å². The lowest BCUT2D eigenvalue weighted by Crippen LogP contribution is -2.40. The van der Waals surface area contributed by atoms with Crippen molar-refractivity contribution in [1.29, 1.82) is 0 Å². The maximum atomic E-state index is 13.9. The van der Waals surface area contributed by atoms with Gasteiger partial charge >= 0.3 is 0 Å². The third-order valence-corrected chi connectivity index (χ3v) is 4.37. The topological polar surface area (TPSA) is 38.5 Å². The molecule has 0 amide bonds. The number of nitrogens with two attached hydrogens (primary N) is 1. The number of benzene rings is 1. The first-order valence-corrected chi connectivity index (χ1v) is 7.01. The number of fused-ring (bicyclic) bond motifs is 3. The van der Waals surface area contributed by atoms with Gasteiger partial charge in [-0.1, -0.05) is 6.42 Å². The van der Waals surface area contributed by atoms with Crippen molar-refractivity contribution in [3.05, 3.63) is 23.5 Å². The maximum absolute atomic E-state index is 13.9. The fourth-order valence-corrected chi connectivity index (χ4v) is 3.66. The van der Waals surface area contributed by atoms with E-state index in [1.54, 1.807) is 6.07 Å². The van der Waals surface area contributed by atoms with Crippen LogP contribution in [0.5, 0.6) is 5.75 Å². The summed E-state index contributed by atoms with van der Waals surface area (Å²) in [5.74, 6) is 0.539. The molecule has 2 N–H and O–H groups in total. The molecule has 1 unspecified atom stereocenters. The lowest BCUT2D eigenvalue weighted by Gasteiger charge is -2.28. The zero-order chi connectivity index (χ0) is 13.6. The molecule has 1 heterocycles. The minimum absolute atomic E-state index is 0.114. The Bertz CT molecular complexity index is 489. The first kappa shape index (κ1) is 12.7. The Kier molecular flexibility index (Phi) is 3.13. The molecule has 0 saturated heterocycles. The molecule has 2 aliphatic rings. The van der Waals surface area contributed by atoms with Gasteiger partial charge in [0.2, 0.25) is 0 Å². The van der Waals surface area contributed by atoms with Crippen LogP contribution in [0.3, 0.4) is 0 Å². The molecule has 3 nitrogen and oxygen atoms in total. The summed E-state index contributed by atoms with van der Waals surface area (Å²) in [4.78, 5) is 2.36. The fourth-order valence-electron chi connectivity index (χ4n) is 3.66. The van der Waals surface area contributed by atoms with E-state index in [4.69, 9.17) is 10.5 Å². The van der Waals surface area contributed by atoms with Crippen LogP contribution < -0.4 is 15.4 Å². The number of hydrogen-bond donors (Lipinski definition) is 1. The van der Waals surface area contributed by atoms with Crippen molar-refractivity contribution in [1.82, 2.24) is 0 Å². The average molecular weight is 264 g/mol. The second-order valence-corrected chi connectivity index (χ2v) is 5.78. The summed E-state index contributed by atoms with van der Waals surface area (Å²) in [5.41, 5.74) is 8.22. The Balaban J connectivity index is 2.05. The predicted molar refractivity (Wildman–Crippen MR) is 74.3 cm³/mol. The molecular weight excluding hydrogens is 243 g/mol. The van der Waals surface area contributed by atoms with Gasteiger partial charge in [0.05, 0.1) is 7.11 Å². The highest BCUT2D eigenvalue weighted by Crippen LogP contribution is 2.50. The largest absolute Gasteiger partial charge is 0.494 e. The summed E-state index contributed by atoms with van der Waals surface area (Å²) in [6, 6.07) is 4.11. The van der Waals surface area contributed by atoms with Crippen molar-refractivity contribution >= 4 is 5.69 Å². The summed E-state index contributed by atoms with van der Waals surface area (Å²) >= 11 is 0. The molecule has 1 aromatic rings. The fraction of sp³-hybridized carbons (Fsp3) is 0.600. The number of anilines is 1. The van der Waals surface area contributed by atoms with Gasteiger partial charge in [0.15, 0.2) is 11.6 Å². The van der Waals surface area contributed by atoms with Crippen LogP contribution in [-0.4, -0.2) is 25.7 Å². The Morgan fingerprint density at radius 3 is 2.95 bits per heavy atom. The molecule has 19 heavy (non-hydrogen) atoms. The van der Waals surface area contributed by atoms with E-state index in [0.29, 0.717) is 17.7 Å². The summed E-state index contributed by atoms with van der Waals surface area (Å²) in [6.45, 7) is 2.84. The van der Waals surface area contributed by atoms with E-state index in [0.717, 1.165) is 24.2 Å². The van der Waals surface area contributed by atoms with Crippen LogP contribution in [0.15, 0.2) is 12.1 Å². The highest BCUT2D eigenvalue weighted by molar-refractivity contribution is 5.65. The van der Waals surface area contributed by atoms with Crippen molar-refractivity contribution in [2.24, 2.45) is 5.73 Å². The summed E-state index contributed by atoms with van der Waals surface area (Å²) in [7, 11) is 1.51. The normalized spacial score (nSPS) is 26.2. The molecular formula is C15H21FN2O. The third kappa shape index (κ3) is 1.98. The highest BCUT2D eigenvalue weighted by Gasteiger charge is 2.42. The van der Waals surface area contributed by atoms with Crippen LogP contribution in [0, 0.1) is 5.82 Å². The van der Waals surface area contributed by atoms with Gasteiger partial charge in [-0.25, -0.2) is 4.39 Å². The van der Waals surface area contributed by atoms with Crippen molar-refractivity contribution in [2.45, 2.75) is 44.2 Å². The molecule has 3 atom stereocenters. The van der Waals surface area contributed by atoms with Gasteiger partial charge in [-0.15, -0.1) is 0 Å². The molecule has 0 aromatic heterocycles. The summed E-state index contributed by atoms with van der Waals surface area (Å²) in [5, 5.41) is 0.